The molecule has 0 radical (unpaired) electrons. The van der Waals surface area contributed by atoms with Crippen LogP contribution in [0.2, 0.25) is 0 Å². The van der Waals surface area contributed by atoms with Crippen molar-refractivity contribution in [2.24, 2.45) is 0 Å². The van der Waals surface area contributed by atoms with Gasteiger partial charge in [-0.25, -0.2) is 0 Å². The average molecular weight is 277 g/mol. The molecule has 0 bridgehead atoms. The van der Waals surface area contributed by atoms with Gasteiger partial charge in [0.05, 0.1) is 23.9 Å². The summed E-state index contributed by atoms with van der Waals surface area (Å²) >= 11 is 0. The molecule has 0 aliphatic carbocycles. The zero-order valence-corrected chi connectivity index (χ0v) is 11.3. The summed E-state index contributed by atoms with van der Waals surface area (Å²) in [6.45, 7) is 0. The quantitative estimate of drug-likeness (QED) is 0.537. The Labute approximate surface area is 120 Å². The Balaban J connectivity index is 2.05. The molecule has 0 spiro atoms. The monoisotopic (exact) mass is 277 g/mol. The highest BCUT2D eigenvalue weighted by Crippen LogP contribution is 2.30. The molecule has 102 valence electrons. The molecular weight excluding hydrogens is 266 g/mol. The number of nitrogens with zero attached hydrogens (tertiary/aromatic N) is 1. The predicted octanol–water partition coefficient (Wildman–Crippen LogP) is 2.88. The Kier molecular flexibility index (Phi) is 2.30. The largest absolute Gasteiger partial charge is 0.497 e. The maximum atomic E-state index is 12.7. The fraction of sp³-hybridized carbons (Fsp3) is 0.0588. The van der Waals surface area contributed by atoms with E-state index in [1.807, 2.05) is 6.07 Å². The molecule has 3 aromatic rings. The second-order valence-corrected chi connectivity index (χ2v) is 4.97. The Bertz CT molecular complexity index is 921. The summed E-state index contributed by atoms with van der Waals surface area (Å²) in [6, 6.07) is 14.1. The summed E-state index contributed by atoms with van der Waals surface area (Å²) in [4.78, 5) is 25.2. The lowest BCUT2D eigenvalue weighted by Gasteiger charge is -2.17. The number of fused-ring (bicyclic) bond motifs is 4. The van der Waals surface area contributed by atoms with E-state index in [1.165, 1.54) is 4.57 Å². The van der Waals surface area contributed by atoms with E-state index in [2.05, 4.69) is 0 Å². The van der Waals surface area contributed by atoms with Crippen LogP contribution in [0.15, 0.2) is 48.5 Å². The highest BCUT2D eigenvalue weighted by atomic mass is 16.5. The van der Waals surface area contributed by atoms with Crippen LogP contribution >= 0.6 is 0 Å². The number of hydrogen-bond acceptors (Lipinski definition) is 3. The van der Waals surface area contributed by atoms with Crippen molar-refractivity contribution in [1.29, 1.82) is 0 Å². The Morgan fingerprint density at radius 3 is 2.48 bits per heavy atom. The molecule has 0 saturated carbocycles. The molecule has 0 amide bonds. The van der Waals surface area contributed by atoms with Crippen LogP contribution in [0.5, 0.6) is 5.75 Å². The van der Waals surface area contributed by atoms with Gasteiger partial charge in [-0.05, 0) is 30.3 Å². The van der Waals surface area contributed by atoms with Crippen LogP contribution in [0.4, 0.5) is 0 Å². The summed E-state index contributed by atoms with van der Waals surface area (Å²) < 4.78 is 6.68. The third-order valence-electron chi connectivity index (χ3n) is 3.85. The highest BCUT2D eigenvalue weighted by molar-refractivity contribution is 6.23. The predicted molar refractivity (Wildman–Crippen MR) is 78.1 cm³/mol. The van der Waals surface area contributed by atoms with E-state index in [9.17, 15) is 9.59 Å². The van der Waals surface area contributed by atoms with Crippen LogP contribution in [0.25, 0.3) is 10.9 Å². The van der Waals surface area contributed by atoms with Gasteiger partial charge in [0, 0.05) is 10.9 Å². The summed E-state index contributed by atoms with van der Waals surface area (Å²) in [5, 5.41) is 0.818. The number of methoxy groups -OCH3 is 1. The maximum absolute atomic E-state index is 12.7. The van der Waals surface area contributed by atoms with Crippen molar-refractivity contribution in [3.8, 4) is 5.75 Å². The normalized spacial score (nSPS) is 13.2. The topological polar surface area (TPSA) is 48.3 Å². The summed E-state index contributed by atoms with van der Waals surface area (Å²) in [6.07, 6.45) is 0. The molecule has 2 heterocycles. The first-order valence-corrected chi connectivity index (χ1v) is 6.58. The molecule has 0 fully saturated rings. The van der Waals surface area contributed by atoms with Gasteiger partial charge in [-0.1, -0.05) is 18.2 Å². The lowest BCUT2D eigenvalue weighted by molar-refractivity contribution is 0.0915. The first-order chi connectivity index (χ1) is 10.2. The van der Waals surface area contributed by atoms with E-state index in [0.29, 0.717) is 22.6 Å². The number of carbonyl (C=O) groups is 2. The second-order valence-electron chi connectivity index (χ2n) is 4.97. The number of hydrogen-bond donors (Lipinski definition) is 0. The minimum atomic E-state index is -0.166. The van der Waals surface area contributed by atoms with Gasteiger partial charge in [0.2, 0.25) is 5.78 Å². The van der Waals surface area contributed by atoms with Crippen LogP contribution in [-0.4, -0.2) is 23.4 Å². The van der Waals surface area contributed by atoms with Crippen LogP contribution in [-0.2, 0) is 0 Å². The number of carbonyl (C=O) groups excluding carboxylic acids is 2. The fourth-order valence-corrected chi connectivity index (χ4v) is 2.83. The first-order valence-electron chi connectivity index (χ1n) is 6.58. The molecule has 1 aliphatic heterocycles. The molecule has 0 saturated heterocycles. The standard InChI is InChI=1S/C17H11NO3/c1-21-11-6-7-14-10(8-11)9-15-16(19)12-4-2-3-5-13(12)17(20)18(14)15/h2-9H,1H3. The smallest absolute Gasteiger partial charge is 0.263 e. The third kappa shape index (κ3) is 1.50. The molecule has 4 nitrogen and oxygen atoms in total. The lowest BCUT2D eigenvalue weighted by atomic mass is 9.98. The van der Waals surface area contributed by atoms with Crippen molar-refractivity contribution in [3.63, 3.8) is 0 Å². The van der Waals surface area contributed by atoms with Crippen LogP contribution < -0.4 is 4.74 Å². The van der Waals surface area contributed by atoms with Gasteiger partial charge in [-0.3, -0.25) is 14.2 Å². The number of aromatic nitrogens is 1. The van der Waals surface area contributed by atoms with Gasteiger partial charge >= 0.3 is 0 Å². The van der Waals surface area contributed by atoms with Crippen molar-refractivity contribution in [1.82, 2.24) is 4.57 Å². The minimum Gasteiger partial charge on any atom is -0.497 e. The summed E-state index contributed by atoms with van der Waals surface area (Å²) in [7, 11) is 1.59. The summed E-state index contributed by atoms with van der Waals surface area (Å²) in [5.74, 6) is 0.406. The Morgan fingerprint density at radius 1 is 0.952 bits per heavy atom. The van der Waals surface area contributed by atoms with Crippen molar-refractivity contribution < 1.29 is 14.3 Å². The molecule has 0 N–H and O–H groups in total. The van der Waals surface area contributed by atoms with E-state index in [1.54, 1.807) is 49.6 Å². The molecule has 2 aromatic carbocycles. The van der Waals surface area contributed by atoms with Gasteiger partial charge in [-0.15, -0.1) is 0 Å². The second kappa shape index (κ2) is 4.06. The SMILES string of the molecule is COc1ccc2c(c1)cc1n2C(=O)c2ccccc2C1=O. The van der Waals surface area contributed by atoms with Gasteiger partial charge in [0.15, 0.2) is 0 Å². The van der Waals surface area contributed by atoms with Crippen molar-refractivity contribution in [2.45, 2.75) is 0 Å². The molecule has 4 heteroatoms. The summed E-state index contributed by atoms with van der Waals surface area (Å²) in [5.41, 5.74) is 2.04. The molecular formula is C17H11NO3. The Hall–Kier alpha value is -2.88. The maximum Gasteiger partial charge on any atom is 0.263 e. The number of ether oxygens (including phenoxy) is 1. The number of rotatable bonds is 1. The first kappa shape index (κ1) is 11.9. The van der Waals surface area contributed by atoms with Crippen molar-refractivity contribution in [3.05, 3.63) is 65.4 Å². The molecule has 1 aliphatic rings. The van der Waals surface area contributed by atoms with Crippen molar-refractivity contribution >= 4 is 22.6 Å². The molecule has 0 atom stereocenters. The van der Waals surface area contributed by atoms with Gasteiger partial charge in [-0.2, -0.15) is 0 Å². The van der Waals surface area contributed by atoms with E-state index in [-0.39, 0.29) is 11.7 Å². The Morgan fingerprint density at radius 2 is 1.71 bits per heavy atom. The minimum absolute atomic E-state index is 0.125. The van der Waals surface area contributed by atoms with Gasteiger partial charge in [0.1, 0.15) is 5.75 Å². The van der Waals surface area contributed by atoms with E-state index < -0.39 is 0 Å². The zero-order chi connectivity index (χ0) is 14.6. The van der Waals surface area contributed by atoms with E-state index in [4.69, 9.17) is 4.74 Å². The molecule has 0 unspecified atom stereocenters. The molecule has 1 aromatic heterocycles. The number of benzene rings is 2. The van der Waals surface area contributed by atoms with Gasteiger partial charge < -0.3 is 4.74 Å². The van der Waals surface area contributed by atoms with E-state index >= 15 is 0 Å². The van der Waals surface area contributed by atoms with E-state index in [0.717, 1.165) is 10.9 Å². The molecule has 4 rings (SSSR count). The fourth-order valence-electron chi connectivity index (χ4n) is 2.83. The average Bonchev–Trinajstić information content (AvgIpc) is 2.91. The molecule has 21 heavy (non-hydrogen) atoms. The van der Waals surface area contributed by atoms with Gasteiger partial charge in [0.25, 0.3) is 5.91 Å². The van der Waals surface area contributed by atoms with Crippen LogP contribution in [0, 0.1) is 0 Å². The highest BCUT2D eigenvalue weighted by Gasteiger charge is 2.30. The van der Waals surface area contributed by atoms with Crippen molar-refractivity contribution in [2.75, 3.05) is 7.11 Å². The lowest BCUT2D eigenvalue weighted by Crippen LogP contribution is -2.26. The third-order valence-corrected chi connectivity index (χ3v) is 3.85. The zero-order valence-electron chi connectivity index (χ0n) is 11.3. The van der Waals surface area contributed by atoms with Crippen LogP contribution in [0.3, 0.4) is 0 Å². The van der Waals surface area contributed by atoms with Crippen LogP contribution in [0.1, 0.15) is 26.4 Å². The number of ketones is 1.